The van der Waals surface area contributed by atoms with Crippen molar-refractivity contribution in [3.05, 3.63) is 62.6 Å². The third-order valence-corrected chi connectivity index (χ3v) is 3.85. The first kappa shape index (κ1) is 12.9. The number of nitrogens with one attached hydrogen (secondary N) is 1. The Labute approximate surface area is 123 Å². The minimum absolute atomic E-state index is 0.0453. The molecule has 5 nitrogen and oxygen atoms in total. The summed E-state index contributed by atoms with van der Waals surface area (Å²) >= 11 is 3.35. The van der Waals surface area contributed by atoms with Gasteiger partial charge in [0.2, 0.25) is 0 Å². The Balaban J connectivity index is 1.84. The Morgan fingerprint density at radius 2 is 2.10 bits per heavy atom. The summed E-state index contributed by atoms with van der Waals surface area (Å²) in [6, 6.07) is 12.6. The molecule has 6 heteroatoms. The summed E-state index contributed by atoms with van der Waals surface area (Å²) in [6.07, 6.45) is 0. The number of halogens is 1. The molecule has 2 aromatic rings. The van der Waals surface area contributed by atoms with Gasteiger partial charge in [0.25, 0.3) is 5.69 Å². The summed E-state index contributed by atoms with van der Waals surface area (Å²) in [5.41, 5.74) is 1.96. The van der Waals surface area contributed by atoms with E-state index in [-0.39, 0.29) is 11.7 Å². The zero-order valence-corrected chi connectivity index (χ0v) is 12.0. The molecule has 1 atom stereocenters. The number of hydrogen-bond donors (Lipinski definition) is 1. The zero-order chi connectivity index (χ0) is 14.1. The molecule has 0 saturated heterocycles. The Bertz CT molecular complexity index is 675. The van der Waals surface area contributed by atoms with Crippen LogP contribution in [0.2, 0.25) is 0 Å². The average molecular weight is 335 g/mol. The van der Waals surface area contributed by atoms with Crippen LogP contribution >= 0.6 is 15.9 Å². The maximum absolute atomic E-state index is 10.7. The predicted molar refractivity (Wildman–Crippen MR) is 79.1 cm³/mol. The topological polar surface area (TPSA) is 64.4 Å². The highest BCUT2D eigenvalue weighted by Gasteiger charge is 2.24. The Morgan fingerprint density at radius 1 is 1.30 bits per heavy atom. The molecule has 0 aliphatic carbocycles. The van der Waals surface area contributed by atoms with E-state index in [1.165, 1.54) is 12.1 Å². The standard InChI is InChI=1S/C14H11BrN2O3/c15-11-7-9(17(18)19)5-6-12(11)16-13-8-20-14-4-2-1-3-10(13)14/h1-7,13,16H,8H2. The van der Waals surface area contributed by atoms with Crippen LogP contribution in [0.25, 0.3) is 0 Å². The molecule has 2 aromatic carbocycles. The molecule has 1 aliphatic rings. The number of hydrogen-bond acceptors (Lipinski definition) is 4. The lowest BCUT2D eigenvalue weighted by molar-refractivity contribution is -0.384. The van der Waals surface area contributed by atoms with Gasteiger partial charge in [-0.1, -0.05) is 18.2 Å². The Morgan fingerprint density at radius 3 is 2.85 bits per heavy atom. The third kappa shape index (κ3) is 2.34. The van der Waals surface area contributed by atoms with Crippen molar-refractivity contribution in [3.8, 4) is 5.75 Å². The minimum atomic E-state index is -0.414. The molecule has 102 valence electrons. The van der Waals surface area contributed by atoms with Crippen molar-refractivity contribution in [2.45, 2.75) is 6.04 Å². The van der Waals surface area contributed by atoms with Crippen LogP contribution in [0.15, 0.2) is 46.9 Å². The van der Waals surface area contributed by atoms with Gasteiger partial charge >= 0.3 is 0 Å². The summed E-state index contributed by atoms with van der Waals surface area (Å²) in [4.78, 5) is 10.3. The molecule has 20 heavy (non-hydrogen) atoms. The van der Waals surface area contributed by atoms with Gasteiger partial charge in [-0.25, -0.2) is 0 Å². The highest BCUT2D eigenvalue weighted by atomic mass is 79.9. The van der Waals surface area contributed by atoms with E-state index < -0.39 is 4.92 Å². The molecule has 0 saturated carbocycles. The molecule has 1 heterocycles. The lowest BCUT2D eigenvalue weighted by atomic mass is 10.1. The van der Waals surface area contributed by atoms with E-state index in [0.717, 1.165) is 17.0 Å². The maximum atomic E-state index is 10.7. The highest BCUT2D eigenvalue weighted by Crippen LogP contribution is 2.36. The van der Waals surface area contributed by atoms with Gasteiger partial charge in [-0.05, 0) is 28.1 Å². The third-order valence-electron chi connectivity index (χ3n) is 3.19. The van der Waals surface area contributed by atoms with Crippen LogP contribution in [0.1, 0.15) is 11.6 Å². The number of nitro groups is 1. The fraction of sp³-hybridized carbons (Fsp3) is 0.143. The van der Waals surface area contributed by atoms with E-state index in [9.17, 15) is 10.1 Å². The van der Waals surface area contributed by atoms with Crippen molar-refractivity contribution in [2.24, 2.45) is 0 Å². The smallest absolute Gasteiger partial charge is 0.270 e. The van der Waals surface area contributed by atoms with Crippen LogP contribution in [-0.4, -0.2) is 11.5 Å². The predicted octanol–water partition coefficient (Wildman–Crippen LogP) is 3.90. The maximum Gasteiger partial charge on any atom is 0.270 e. The molecule has 1 N–H and O–H groups in total. The number of fused-ring (bicyclic) bond motifs is 1. The van der Waals surface area contributed by atoms with E-state index in [1.54, 1.807) is 6.07 Å². The lowest BCUT2D eigenvalue weighted by Crippen LogP contribution is -2.12. The van der Waals surface area contributed by atoms with E-state index in [4.69, 9.17) is 4.74 Å². The molecule has 0 radical (unpaired) electrons. The van der Waals surface area contributed by atoms with Crippen molar-refractivity contribution in [3.63, 3.8) is 0 Å². The first-order valence-electron chi connectivity index (χ1n) is 6.07. The van der Waals surface area contributed by atoms with Gasteiger partial charge in [-0.3, -0.25) is 10.1 Å². The number of benzene rings is 2. The van der Waals surface area contributed by atoms with Crippen LogP contribution in [0, 0.1) is 10.1 Å². The van der Waals surface area contributed by atoms with Gasteiger partial charge in [-0.2, -0.15) is 0 Å². The number of nitro benzene ring substituents is 1. The Kier molecular flexibility index (Phi) is 3.31. The summed E-state index contributed by atoms with van der Waals surface area (Å²) < 4.78 is 6.26. The van der Waals surface area contributed by atoms with Gasteiger partial charge in [0.15, 0.2) is 0 Å². The highest BCUT2D eigenvalue weighted by molar-refractivity contribution is 9.10. The second-order valence-electron chi connectivity index (χ2n) is 4.47. The first-order chi connectivity index (χ1) is 9.65. The zero-order valence-electron chi connectivity index (χ0n) is 10.4. The SMILES string of the molecule is O=[N+]([O-])c1ccc(NC2COc3ccccc32)c(Br)c1. The summed E-state index contributed by atoms with van der Waals surface area (Å²) in [5.74, 6) is 0.878. The molecule has 1 unspecified atom stereocenters. The van der Waals surface area contributed by atoms with Crippen molar-refractivity contribution < 1.29 is 9.66 Å². The van der Waals surface area contributed by atoms with E-state index >= 15 is 0 Å². The lowest BCUT2D eigenvalue weighted by Gasteiger charge is -2.14. The van der Waals surface area contributed by atoms with Gasteiger partial charge in [0.05, 0.1) is 11.0 Å². The molecule has 3 rings (SSSR count). The van der Waals surface area contributed by atoms with Crippen LogP contribution in [0.4, 0.5) is 11.4 Å². The molecule has 0 amide bonds. The number of ether oxygens (including phenoxy) is 1. The van der Waals surface area contributed by atoms with Crippen molar-refractivity contribution in [1.82, 2.24) is 0 Å². The van der Waals surface area contributed by atoms with Gasteiger partial charge in [-0.15, -0.1) is 0 Å². The first-order valence-corrected chi connectivity index (χ1v) is 6.86. The number of rotatable bonds is 3. The normalized spacial score (nSPS) is 16.4. The van der Waals surface area contributed by atoms with Crippen LogP contribution in [0.5, 0.6) is 5.75 Å². The summed E-state index contributed by atoms with van der Waals surface area (Å²) in [7, 11) is 0. The summed E-state index contributed by atoms with van der Waals surface area (Å²) in [5, 5.41) is 14.1. The number of non-ortho nitro benzene ring substituents is 1. The second-order valence-corrected chi connectivity index (χ2v) is 5.32. The Hall–Kier alpha value is -2.08. The number of para-hydroxylation sites is 1. The minimum Gasteiger partial charge on any atom is -0.491 e. The second kappa shape index (κ2) is 5.13. The fourth-order valence-corrected chi connectivity index (χ4v) is 2.69. The van der Waals surface area contributed by atoms with Gasteiger partial charge < -0.3 is 10.1 Å². The molecular formula is C14H11BrN2O3. The van der Waals surface area contributed by atoms with Crippen molar-refractivity contribution >= 4 is 27.3 Å². The molecular weight excluding hydrogens is 324 g/mol. The van der Waals surface area contributed by atoms with Crippen LogP contribution < -0.4 is 10.1 Å². The van der Waals surface area contributed by atoms with E-state index in [2.05, 4.69) is 21.2 Å². The van der Waals surface area contributed by atoms with Crippen LogP contribution in [-0.2, 0) is 0 Å². The molecule has 0 bridgehead atoms. The largest absolute Gasteiger partial charge is 0.491 e. The van der Waals surface area contributed by atoms with E-state index in [1.807, 2.05) is 24.3 Å². The van der Waals surface area contributed by atoms with Crippen molar-refractivity contribution in [2.75, 3.05) is 11.9 Å². The van der Waals surface area contributed by atoms with Crippen LogP contribution in [0.3, 0.4) is 0 Å². The quantitative estimate of drug-likeness (QED) is 0.682. The molecule has 0 aromatic heterocycles. The fourth-order valence-electron chi connectivity index (χ4n) is 2.20. The average Bonchev–Trinajstić information content (AvgIpc) is 2.84. The van der Waals surface area contributed by atoms with E-state index in [0.29, 0.717) is 11.1 Å². The molecule has 0 spiro atoms. The number of anilines is 1. The van der Waals surface area contributed by atoms with Crippen molar-refractivity contribution in [1.29, 1.82) is 0 Å². The monoisotopic (exact) mass is 334 g/mol. The molecule has 1 aliphatic heterocycles. The summed E-state index contributed by atoms with van der Waals surface area (Å²) in [6.45, 7) is 0.544. The van der Waals surface area contributed by atoms with Gasteiger partial charge in [0, 0.05) is 27.9 Å². The van der Waals surface area contributed by atoms with Gasteiger partial charge in [0.1, 0.15) is 12.4 Å². The molecule has 0 fully saturated rings. The number of nitrogens with zero attached hydrogens (tertiary/aromatic N) is 1.